The van der Waals surface area contributed by atoms with Gasteiger partial charge in [-0.25, -0.2) is 0 Å². The molecule has 11 heteroatoms. The predicted octanol–water partition coefficient (Wildman–Crippen LogP) is 4.17. The number of furan rings is 1. The van der Waals surface area contributed by atoms with E-state index in [1.54, 1.807) is 24.3 Å². The Labute approximate surface area is 176 Å². The lowest BCUT2D eigenvalue weighted by Crippen LogP contribution is -2.34. The molecular weight excluding hydrogens is 423 g/mol. The minimum absolute atomic E-state index is 0.0301. The van der Waals surface area contributed by atoms with Crippen molar-refractivity contribution in [2.45, 2.75) is 26.3 Å². The molecule has 2 aromatic heterocycles. The highest BCUT2D eigenvalue weighted by molar-refractivity contribution is 7.80. The van der Waals surface area contributed by atoms with Gasteiger partial charge in [-0.3, -0.25) is 15.4 Å². The Hall–Kier alpha value is -2.49. The fraction of sp³-hybridized carbons (Fsp3) is 0.235. The average molecular weight is 439 g/mol. The van der Waals surface area contributed by atoms with E-state index in [9.17, 15) is 4.79 Å². The van der Waals surface area contributed by atoms with Crippen LogP contribution in [0.4, 0.5) is 5.95 Å². The van der Waals surface area contributed by atoms with E-state index in [4.69, 9.17) is 39.8 Å². The number of aryl methyl sites for hydroxylation is 1. The first-order valence-corrected chi connectivity index (χ1v) is 9.58. The van der Waals surface area contributed by atoms with Gasteiger partial charge in [0.2, 0.25) is 0 Å². The van der Waals surface area contributed by atoms with Crippen LogP contribution in [0.2, 0.25) is 10.0 Å². The minimum atomic E-state index is -0.521. The van der Waals surface area contributed by atoms with E-state index in [1.807, 2.05) is 0 Å². The summed E-state index contributed by atoms with van der Waals surface area (Å²) in [5.74, 6) is 0.192. The van der Waals surface area contributed by atoms with Gasteiger partial charge >= 0.3 is 0 Å². The van der Waals surface area contributed by atoms with Gasteiger partial charge in [-0.15, -0.1) is 5.10 Å². The summed E-state index contributed by atoms with van der Waals surface area (Å²) >= 11 is 17.2. The summed E-state index contributed by atoms with van der Waals surface area (Å²) < 4.78 is 5.58. The Morgan fingerprint density at radius 2 is 2.11 bits per heavy atom. The number of carbonyl (C=O) groups excluding carboxylic acids is 1. The van der Waals surface area contributed by atoms with Gasteiger partial charge in [-0.2, -0.15) is 4.80 Å². The molecule has 3 rings (SSSR count). The number of nitrogens with zero attached hydrogens (tertiary/aromatic N) is 4. The molecule has 0 radical (unpaired) electrons. The lowest BCUT2D eigenvalue weighted by molar-refractivity contribution is 0.0951. The van der Waals surface area contributed by atoms with Crippen LogP contribution in [-0.4, -0.2) is 31.2 Å². The van der Waals surface area contributed by atoms with E-state index < -0.39 is 5.91 Å². The average Bonchev–Trinajstić information content (AvgIpc) is 3.29. The molecule has 0 atom stereocenters. The normalized spacial score (nSPS) is 10.7. The number of nitrogens with one attached hydrogen (secondary N) is 2. The number of hydrogen-bond donors (Lipinski definition) is 2. The molecule has 8 nitrogen and oxygen atoms in total. The third-order valence-corrected chi connectivity index (χ3v) is 4.40. The Bertz CT molecular complexity index is 1000. The van der Waals surface area contributed by atoms with E-state index >= 15 is 0 Å². The smallest absolute Gasteiger partial charge is 0.293 e. The number of tetrazole rings is 1. The second-order valence-electron chi connectivity index (χ2n) is 5.76. The van der Waals surface area contributed by atoms with Crippen molar-refractivity contribution in [2.24, 2.45) is 0 Å². The van der Waals surface area contributed by atoms with Crippen LogP contribution in [0.15, 0.2) is 34.7 Å². The van der Waals surface area contributed by atoms with Crippen molar-refractivity contribution in [2.75, 3.05) is 5.32 Å². The summed E-state index contributed by atoms with van der Waals surface area (Å²) in [6.45, 7) is 2.73. The fourth-order valence-corrected chi connectivity index (χ4v) is 2.96. The molecule has 0 saturated heterocycles. The number of rotatable bonds is 6. The molecule has 0 aliphatic carbocycles. The number of benzene rings is 1. The van der Waals surface area contributed by atoms with E-state index in [0.717, 1.165) is 12.8 Å². The molecule has 3 aromatic rings. The summed E-state index contributed by atoms with van der Waals surface area (Å²) in [4.78, 5) is 13.8. The van der Waals surface area contributed by atoms with Crippen LogP contribution in [0.1, 0.15) is 30.3 Å². The summed E-state index contributed by atoms with van der Waals surface area (Å²) in [6.07, 6.45) is 1.96. The number of hydrogen-bond acceptors (Lipinski definition) is 6. The van der Waals surface area contributed by atoms with Crippen molar-refractivity contribution in [1.29, 1.82) is 0 Å². The highest BCUT2D eigenvalue weighted by atomic mass is 35.5. The molecule has 0 spiro atoms. The third kappa shape index (κ3) is 5.06. The maximum atomic E-state index is 12.3. The van der Waals surface area contributed by atoms with Gasteiger partial charge in [-0.1, -0.05) is 41.6 Å². The molecule has 0 aliphatic rings. The largest absolute Gasteiger partial charge is 0.451 e. The Morgan fingerprint density at radius 3 is 2.86 bits per heavy atom. The highest BCUT2D eigenvalue weighted by Gasteiger charge is 2.16. The molecular formula is C17H16Cl2N6O2S. The van der Waals surface area contributed by atoms with Crippen molar-refractivity contribution in [3.05, 3.63) is 46.1 Å². The van der Waals surface area contributed by atoms with Crippen molar-refractivity contribution in [3.63, 3.8) is 0 Å². The lowest BCUT2D eigenvalue weighted by atomic mass is 10.2. The van der Waals surface area contributed by atoms with Crippen LogP contribution in [-0.2, 0) is 6.54 Å². The monoisotopic (exact) mass is 438 g/mol. The Kier molecular flexibility index (Phi) is 6.61. The number of unbranched alkanes of at least 4 members (excludes halogenated alkanes) is 1. The quantitative estimate of drug-likeness (QED) is 0.557. The van der Waals surface area contributed by atoms with Crippen LogP contribution < -0.4 is 10.6 Å². The molecule has 28 heavy (non-hydrogen) atoms. The van der Waals surface area contributed by atoms with E-state index in [2.05, 4.69) is 33.0 Å². The van der Waals surface area contributed by atoms with Gasteiger partial charge in [0.1, 0.15) is 5.76 Å². The summed E-state index contributed by atoms with van der Waals surface area (Å²) in [7, 11) is 0. The molecule has 0 aliphatic heterocycles. The molecule has 0 bridgehead atoms. The van der Waals surface area contributed by atoms with Gasteiger partial charge in [-0.05, 0) is 54.2 Å². The van der Waals surface area contributed by atoms with Gasteiger partial charge in [0.25, 0.3) is 11.9 Å². The number of aromatic nitrogens is 4. The minimum Gasteiger partial charge on any atom is -0.451 e. The number of halogens is 2. The number of carbonyl (C=O) groups is 1. The van der Waals surface area contributed by atoms with E-state index in [1.165, 1.54) is 10.9 Å². The molecule has 0 saturated carbocycles. The summed E-state index contributed by atoms with van der Waals surface area (Å²) in [5, 5.41) is 18.0. The molecule has 1 amide bonds. The van der Waals surface area contributed by atoms with Crippen LogP contribution in [0.5, 0.6) is 0 Å². The highest BCUT2D eigenvalue weighted by Crippen LogP contribution is 2.31. The van der Waals surface area contributed by atoms with Gasteiger partial charge in [0, 0.05) is 10.6 Å². The van der Waals surface area contributed by atoms with Crippen molar-refractivity contribution in [1.82, 2.24) is 25.5 Å². The van der Waals surface area contributed by atoms with Gasteiger partial charge < -0.3 is 4.42 Å². The number of anilines is 1. The molecule has 2 N–H and O–H groups in total. The predicted molar refractivity (Wildman–Crippen MR) is 111 cm³/mol. The molecule has 0 unspecified atom stereocenters. The first-order valence-electron chi connectivity index (χ1n) is 8.41. The van der Waals surface area contributed by atoms with Crippen LogP contribution in [0.25, 0.3) is 11.3 Å². The van der Waals surface area contributed by atoms with Crippen LogP contribution in [0, 0.1) is 0 Å². The first-order chi connectivity index (χ1) is 13.5. The zero-order valence-electron chi connectivity index (χ0n) is 14.8. The zero-order chi connectivity index (χ0) is 20.1. The third-order valence-electron chi connectivity index (χ3n) is 3.64. The van der Waals surface area contributed by atoms with Crippen molar-refractivity contribution < 1.29 is 9.21 Å². The second-order valence-corrected chi connectivity index (χ2v) is 7.01. The lowest BCUT2D eigenvalue weighted by Gasteiger charge is -2.05. The van der Waals surface area contributed by atoms with Crippen LogP contribution >= 0.6 is 35.4 Å². The van der Waals surface area contributed by atoms with Crippen molar-refractivity contribution >= 4 is 52.4 Å². The van der Waals surface area contributed by atoms with Crippen LogP contribution in [0.3, 0.4) is 0 Å². The topological polar surface area (TPSA) is 97.9 Å². The molecule has 0 fully saturated rings. The standard InChI is InChI=1S/C17H16Cl2N6O2S/c1-2-3-8-25-23-16(22-24-25)21-17(28)20-15(26)14-7-6-13(27-14)11-5-4-10(18)9-12(11)19/h4-7,9H,2-3,8H2,1H3,(H2,20,21,23,26,28). The van der Waals surface area contributed by atoms with Crippen molar-refractivity contribution in [3.8, 4) is 11.3 Å². The SMILES string of the molecule is CCCCn1nnc(NC(=S)NC(=O)c2ccc(-c3ccc(Cl)cc3Cl)o2)n1. The second kappa shape index (κ2) is 9.13. The molecule has 1 aromatic carbocycles. The maximum Gasteiger partial charge on any atom is 0.293 e. The summed E-state index contributed by atoms with van der Waals surface area (Å²) in [5.41, 5.74) is 0.624. The number of amides is 1. The fourth-order valence-electron chi connectivity index (χ4n) is 2.28. The Balaban J connectivity index is 1.61. The molecule has 2 heterocycles. The zero-order valence-corrected chi connectivity index (χ0v) is 17.1. The van der Waals surface area contributed by atoms with Gasteiger partial charge in [0.05, 0.1) is 11.6 Å². The maximum absolute atomic E-state index is 12.3. The van der Waals surface area contributed by atoms with E-state index in [0.29, 0.717) is 27.9 Å². The Morgan fingerprint density at radius 1 is 1.29 bits per heavy atom. The van der Waals surface area contributed by atoms with Gasteiger partial charge in [0.15, 0.2) is 10.9 Å². The van der Waals surface area contributed by atoms with E-state index in [-0.39, 0.29) is 16.8 Å². The first kappa shape index (κ1) is 20.2. The summed E-state index contributed by atoms with van der Waals surface area (Å²) in [6, 6.07) is 8.16. The number of thiocarbonyl (C=S) groups is 1. The molecule has 146 valence electrons.